The summed E-state index contributed by atoms with van der Waals surface area (Å²) in [4.78, 5) is 23.3. The lowest BCUT2D eigenvalue weighted by Crippen LogP contribution is -2.56. The highest BCUT2D eigenvalue weighted by Crippen LogP contribution is 2.21. The zero-order valence-electron chi connectivity index (χ0n) is 11.4. The Morgan fingerprint density at radius 2 is 1.83 bits per heavy atom. The van der Waals surface area contributed by atoms with E-state index >= 15 is 0 Å². The Balaban J connectivity index is 0.00000289. The van der Waals surface area contributed by atoms with Gasteiger partial charge in [-0.2, -0.15) is 0 Å². The smallest absolute Gasteiger partial charge is 0.240 e. The molecule has 1 aliphatic heterocycles. The van der Waals surface area contributed by atoms with Gasteiger partial charge in [0.15, 0.2) is 0 Å². The van der Waals surface area contributed by atoms with Gasteiger partial charge in [-0.3, -0.25) is 9.59 Å². The number of primary amides is 1. The van der Waals surface area contributed by atoms with Crippen LogP contribution in [0, 0.1) is 17.3 Å². The summed E-state index contributed by atoms with van der Waals surface area (Å²) in [5.74, 6) is -0.288. The minimum Gasteiger partial charge on any atom is -0.368 e. The lowest BCUT2D eigenvalue weighted by atomic mass is 9.84. The molecule has 0 aromatic rings. The van der Waals surface area contributed by atoms with E-state index in [0.717, 1.165) is 13.1 Å². The maximum Gasteiger partial charge on any atom is 0.240 e. The molecule has 5 nitrogen and oxygen atoms in total. The molecule has 0 radical (unpaired) electrons. The van der Waals surface area contributed by atoms with Crippen LogP contribution in [0.4, 0.5) is 0 Å². The Morgan fingerprint density at radius 3 is 2.11 bits per heavy atom. The van der Waals surface area contributed by atoms with Gasteiger partial charge in [-0.25, -0.2) is 0 Å². The van der Waals surface area contributed by atoms with Gasteiger partial charge >= 0.3 is 0 Å². The first-order valence-electron chi connectivity index (χ1n) is 6.04. The zero-order valence-corrected chi connectivity index (χ0v) is 12.3. The quantitative estimate of drug-likeness (QED) is 0.690. The fourth-order valence-electron chi connectivity index (χ4n) is 1.87. The standard InChI is InChI=1S/C12H23N3O2.ClH/c1-7(8-5-14-6-8)11(17)15-9(10(13)16)12(2,3)4;/h7-9,14H,5-6H2,1-4H3,(H2,13,16)(H,15,17);1H. The number of hydrogen-bond acceptors (Lipinski definition) is 3. The normalized spacial score (nSPS) is 19.1. The monoisotopic (exact) mass is 277 g/mol. The summed E-state index contributed by atoms with van der Waals surface area (Å²) < 4.78 is 0. The molecule has 1 fully saturated rings. The van der Waals surface area contributed by atoms with E-state index in [4.69, 9.17) is 5.73 Å². The second-order valence-electron chi connectivity index (χ2n) is 5.92. The largest absolute Gasteiger partial charge is 0.368 e. The molecule has 1 heterocycles. The van der Waals surface area contributed by atoms with E-state index in [9.17, 15) is 9.59 Å². The van der Waals surface area contributed by atoms with Gasteiger partial charge in [0.25, 0.3) is 0 Å². The van der Waals surface area contributed by atoms with Crippen LogP contribution in [0.15, 0.2) is 0 Å². The van der Waals surface area contributed by atoms with Crippen molar-refractivity contribution in [1.82, 2.24) is 10.6 Å². The number of nitrogens with one attached hydrogen (secondary N) is 2. The number of hydrogen-bond donors (Lipinski definition) is 3. The van der Waals surface area contributed by atoms with E-state index in [1.165, 1.54) is 0 Å². The molecule has 0 spiro atoms. The molecule has 2 amide bonds. The average Bonchev–Trinajstić information content (AvgIpc) is 2.08. The van der Waals surface area contributed by atoms with Crippen LogP contribution in [0.1, 0.15) is 27.7 Å². The third-order valence-electron chi connectivity index (χ3n) is 3.37. The first kappa shape index (κ1) is 17.2. The Hall–Kier alpha value is -0.810. The van der Waals surface area contributed by atoms with Gasteiger partial charge in [-0.05, 0) is 24.4 Å². The summed E-state index contributed by atoms with van der Waals surface area (Å²) in [6, 6.07) is -0.620. The van der Waals surface area contributed by atoms with E-state index < -0.39 is 11.9 Å². The number of carbonyl (C=O) groups is 2. The highest BCUT2D eigenvalue weighted by Gasteiger charge is 2.35. The topological polar surface area (TPSA) is 84.2 Å². The second kappa shape index (κ2) is 6.38. The number of rotatable bonds is 4. The van der Waals surface area contributed by atoms with Gasteiger partial charge in [0.05, 0.1) is 0 Å². The molecule has 0 bridgehead atoms. The molecule has 6 heteroatoms. The van der Waals surface area contributed by atoms with Crippen molar-refractivity contribution in [2.24, 2.45) is 23.0 Å². The Kier molecular flexibility index (Phi) is 6.10. The van der Waals surface area contributed by atoms with Crippen molar-refractivity contribution >= 4 is 24.2 Å². The fraction of sp³-hybridized carbons (Fsp3) is 0.833. The summed E-state index contributed by atoms with van der Waals surface area (Å²) in [7, 11) is 0. The van der Waals surface area contributed by atoms with E-state index in [0.29, 0.717) is 5.92 Å². The van der Waals surface area contributed by atoms with Gasteiger partial charge in [-0.1, -0.05) is 27.7 Å². The molecule has 2 atom stereocenters. The average molecular weight is 278 g/mol. The number of amides is 2. The van der Waals surface area contributed by atoms with Crippen LogP contribution >= 0.6 is 12.4 Å². The molecule has 1 saturated heterocycles. The SMILES string of the molecule is CC(C(=O)NC(C(N)=O)C(C)(C)C)C1CNC1.Cl. The molecule has 0 saturated carbocycles. The minimum absolute atomic E-state index is 0. The van der Waals surface area contributed by atoms with E-state index in [-0.39, 0.29) is 29.6 Å². The third kappa shape index (κ3) is 4.14. The molecule has 0 aromatic carbocycles. The van der Waals surface area contributed by atoms with Gasteiger partial charge in [0.1, 0.15) is 6.04 Å². The first-order chi connectivity index (χ1) is 7.73. The van der Waals surface area contributed by atoms with Gasteiger partial charge < -0.3 is 16.4 Å². The van der Waals surface area contributed by atoms with Crippen molar-refractivity contribution in [3.05, 3.63) is 0 Å². The summed E-state index contributed by atoms with van der Waals surface area (Å²) >= 11 is 0. The van der Waals surface area contributed by atoms with Crippen LogP contribution in [-0.4, -0.2) is 30.9 Å². The summed E-state index contributed by atoms with van der Waals surface area (Å²) in [5.41, 5.74) is 4.97. The number of carbonyl (C=O) groups excluding carboxylic acids is 2. The van der Waals surface area contributed by atoms with Crippen LogP contribution in [0.3, 0.4) is 0 Å². The molecule has 18 heavy (non-hydrogen) atoms. The molecular weight excluding hydrogens is 254 g/mol. The molecule has 0 aromatic heterocycles. The Bertz CT molecular complexity index is 311. The van der Waals surface area contributed by atoms with E-state index in [1.807, 2.05) is 27.7 Å². The first-order valence-corrected chi connectivity index (χ1v) is 6.04. The van der Waals surface area contributed by atoms with Crippen molar-refractivity contribution in [2.45, 2.75) is 33.7 Å². The van der Waals surface area contributed by atoms with Crippen molar-refractivity contribution in [3.63, 3.8) is 0 Å². The predicted octanol–water partition coefficient (Wildman–Crippen LogP) is 0.280. The predicted molar refractivity (Wildman–Crippen MR) is 73.4 cm³/mol. The van der Waals surface area contributed by atoms with Crippen LogP contribution in [-0.2, 0) is 9.59 Å². The number of nitrogens with two attached hydrogens (primary N) is 1. The van der Waals surface area contributed by atoms with Crippen molar-refractivity contribution in [1.29, 1.82) is 0 Å². The van der Waals surface area contributed by atoms with Gasteiger partial charge in [0, 0.05) is 5.92 Å². The summed E-state index contributed by atoms with van der Waals surface area (Å²) in [5, 5.41) is 5.90. The van der Waals surface area contributed by atoms with Crippen molar-refractivity contribution < 1.29 is 9.59 Å². The maximum absolute atomic E-state index is 12.0. The molecule has 4 N–H and O–H groups in total. The van der Waals surface area contributed by atoms with Crippen LogP contribution in [0.25, 0.3) is 0 Å². The lowest BCUT2D eigenvalue weighted by Gasteiger charge is -2.34. The fourth-order valence-corrected chi connectivity index (χ4v) is 1.87. The zero-order chi connectivity index (χ0) is 13.2. The van der Waals surface area contributed by atoms with Crippen LogP contribution in [0.2, 0.25) is 0 Å². The molecule has 0 aliphatic carbocycles. The molecular formula is C12H24ClN3O2. The maximum atomic E-state index is 12.0. The minimum atomic E-state index is -0.620. The van der Waals surface area contributed by atoms with E-state index in [1.54, 1.807) is 0 Å². The molecule has 106 valence electrons. The van der Waals surface area contributed by atoms with Crippen LogP contribution in [0.5, 0.6) is 0 Å². The molecule has 1 aliphatic rings. The van der Waals surface area contributed by atoms with Gasteiger partial charge in [0.2, 0.25) is 11.8 Å². The number of halogens is 1. The lowest BCUT2D eigenvalue weighted by molar-refractivity contribution is -0.133. The van der Waals surface area contributed by atoms with E-state index in [2.05, 4.69) is 10.6 Å². The molecule has 1 rings (SSSR count). The highest BCUT2D eigenvalue weighted by atomic mass is 35.5. The second-order valence-corrected chi connectivity index (χ2v) is 5.92. The third-order valence-corrected chi connectivity index (χ3v) is 3.37. The van der Waals surface area contributed by atoms with Crippen molar-refractivity contribution in [2.75, 3.05) is 13.1 Å². The van der Waals surface area contributed by atoms with Gasteiger partial charge in [-0.15, -0.1) is 12.4 Å². The summed E-state index contributed by atoms with van der Waals surface area (Å²) in [6.07, 6.45) is 0. The van der Waals surface area contributed by atoms with Crippen LogP contribution < -0.4 is 16.4 Å². The van der Waals surface area contributed by atoms with Crippen molar-refractivity contribution in [3.8, 4) is 0 Å². The highest BCUT2D eigenvalue weighted by molar-refractivity contribution is 5.88. The molecule has 2 unspecified atom stereocenters. The Labute approximate surface area is 115 Å². The Morgan fingerprint density at radius 1 is 1.33 bits per heavy atom. The summed E-state index contributed by atoms with van der Waals surface area (Å²) in [6.45, 7) is 9.28.